The highest BCUT2D eigenvalue weighted by Crippen LogP contribution is 2.34. The molecule has 0 amide bonds. The quantitative estimate of drug-likeness (QED) is 0.837. The van der Waals surface area contributed by atoms with Crippen LogP contribution in [0, 0.1) is 6.92 Å². The summed E-state index contributed by atoms with van der Waals surface area (Å²) in [6, 6.07) is 3.81. The van der Waals surface area contributed by atoms with E-state index in [0.29, 0.717) is 18.1 Å². The fraction of sp³-hybridized carbons (Fsp3) is 0.571. The molecule has 0 saturated heterocycles. The Hall–Kier alpha value is -0.770. The van der Waals surface area contributed by atoms with Crippen LogP contribution in [0.25, 0.3) is 0 Å². The molecule has 0 radical (unpaired) electrons. The Labute approximate surface area is 113 Å². The molecule has 18 heavy (non-hydrogen) atoms. The van der Waals surface area contributed by atoms with Gasteiger partial charge < -0.3 is 14.9 Å². The highest BCUT2D eigenvalue weighted by atomic mass is 35.5. The van der Waals surface area contributed by atoms with Crippen molar-refractivity contribution < 1.29 is 14.9 Å². The van der Waals surface area contributed by atoms with Crippen LogP contribution in [0.1, 0.15) is 37.3 Å². The van der Waals surface area contributed by atoms with Gasteiger partial charge in [0.1, 0.15) is 5.75 Å². The first kappa shape index (κ1) is 15.3. The van der Waals surface area contributed by atoms with E-state index < -0.39 is 6.10 Å². The van der Waals surface area contributed by atoms with E-state index in [-0.39, 0.29) is 12.5 Å². The van der Waals surface area contributed by atoms with E-state index in [1.54, 1.807) is 0 Å². The molecule has 0 bridgehead atoms. The van der Waals surface area contributed by atoms with Gasteiger partial charge >= 0.3 is 0 Å². The first-order valence-corrected chi connectivity index (χ1v) is 6.59. The van der Waals surface area contributed by atoms with Crippen molar-refractivity contribution in [2.45, 2.75) is 39.2 Å². The molecule has 0 aliphatic rings. The molecule has 0 spiro atoms. The van der Waals surface area contributed by atoms with Gasteiger partial charge in [-0.25, -0.2) is 0 Å². The molecular weight excluding hydrogens is 252 g/mol. The smallest absolute Gasteiger partial charge is 0.123 e. The average molecular weight is 273 g/mol. The highest BCUT2D eigenvalue weighted by molar-refractivity contribution is 6.31. The largest absolute Gasteiger partial charge is 0.494 e. The maximum atomic E-state index is 9.51. The molecule has 1 aromatic rings. The van der Waals surface area contributed by atoms with E-state index >= 15 is 0 Å². The van der Waals surface area contributed by atoms with Crippen molar-refractivity contribution in [3.8, 4) is 5.75 Å². The number of rotatable bonds is 6. The molecule has 4 heteroatoms. The van der Waals surface area contributed by atoms with Crippen molar-refractivity contribution in [2.75, 3.05) is 13.2 Å². The third-order valence-corrected chi connectivity index (χ3v) is 3.37. The van der Waals surface area contributed by atoms with Gasteiger partial charge in [-0.15, -0.1) is 0 Å². The van der Waals surface area contributed by atoms with E-state index in [0.717, 1.165) is 16.9 Å². The van der Waals surface area contributed by atoms with Crippen molar-refractivity contribution in [2.24, 2.45) is 0 Å². The summed E-state index contributed by atoms with van der Waals surface area (Å²) in [7, 11) is 0. The third-order valence-electron chi connectivity index (χ3n) is 2.96. The van der Waals surface area contributed by atoms with Crippen LogP contribution in [0.15, 0.2) is 12.1 Å². The maximum Gasteiger partial charge on any atom is 0.123 e. The van der Waals surface area contributed by atoms with Crippen molar-refractivity contribution in [1.82, 2.24) is 0 Å². The lowest BCUT2D eigenvalue weighted by atomic mass is 9.93. The number of halogens is 1. The summed E-state index contributed by atoms with van der Waals surface area (Å²) >= 11 is 6.13. The minimum atomic E-state index is -0.713. The topological polar surface area (TPSA) is 49.7 Å². The SMILES string of the molecule is CCOc1cc(C)c(Cl)cc1C(C)CC(O)CO. The highest BCUT2D eigenvalue weighted by Gasteiger charge is 2.17. The summed E-state index contributed by atoms with van der Waals surface area (Å²) in [4.78, 5) is 0. The van der Waals surface area contributed by atoms with Gasteiger partial charge in [0, 0.05) is 5.02 Å². The average Bonchev–Trinajstić information content (AvgIpc) is 2.33. The number of hydrogen-bond acceptors (Lipinski definition) is 3. The Balaban J connectivity index is 3.01. The number of aliphatic hydroxyl groups is 2. The van der Waals surface area contributed by atoms with E-state index in [2.05, 4.69) is 0 Å². The Morgan fingerprint density at radius 1 is 1.39 bits per heavy atom. The van der Waals surface area contributed by atoms with Gasteiger partial charge in [-0.05, 0) is 49.4 Å². The van der Waals surface area contributed by atoms with Crippen molar-refractivity contribution >= 4 is 11.6 Å². The molecule has 0 fully saturated rings. The zero-order valence-corrected chi connectivity index (χ0v) is 11.9. The van der Waals surface area contributed by atoms with Gasteiger partial charge in [-0.1, -0.05) is 18.5 Å². The zero-order chi connectivity index (χ0) is 13.7. The Kier molecular flexibility index (Phi) is 5.93. The van der Waals surface area contributed by atoms with Crippen LogP contribution in [0.2, 0.25) is 5.02 Å². The Morgan fingerprint density at radius 3 is 2.61 bits per heavy atom. The molecule has 0 aromatic heterocycles. The van der Waals surface area contributed by atoms with Crippen LogP contribution in [0.4, 0.5) is 0 Å². The summed E-state index contributed by atoms with van der Waals surface area (Å²) in [5.41, 5.74) is 1.94. The summed E-state index contributed by atoms with van der Waals surface area (Å²) in [6.45, 7) is 6.21. The zero-order valence-electron chi connectivity index (χ0n) is 11.1. The molecule has 1 rings (SSSR count). The summed E-state index contributed by atoms with van der Waals surface area (Å²) in [5.74, 6) is 0.879. The molecule has 102 valence electrons. The third kappa shape index (κ3) is 3.87. The van der Waals surface area contributed by atoms with Gasteiger partial charge in [-0.2, -0.15) is 0 Å². The molecular formula is C14H21ClO3. The molecule has 0 aliphatic carbocycles. The van der Waals surface area contributed by atoms with Gasteiger partial charge in [-0.3, -0.25) is 0 Å². The molecule has 0 saturated carbocycles. The first-order chi connectivity index (χ1) is 8.49. The van der Waals surface area contributed by atoms with Crippen LogP contribution in [0.3, 0.4) is 0 Å². The van der Waals surface area contributed by atoms with E-state index in [1.165, 1.54) is 0 Å². The van der Waals surface area contributed by atoms with Crippen LogP contribution in [0.5, 0.6) is 5.75 Å². The van der Waals surface area contributed by atoms with Crippen molar-refractivity contribution in [3.63, 3.8) is 0 Å². The van der Waals surface area contributed by atoms with E-state index in [9.17, 15) is 5.11 Å². The standard InChI is InChI=1S/C14H21ClO3/c1-4-18-14-6-10(3)13(15)7-12(14)9(2)5-11(17)8-16/h6-7,9,11,16-17H,4-5,8H2,1-3H3. The van der Waals surface area contributed by atoms with Gasteiger partial charge in [0.25, 0.3) is 0 Å². The Morgan fingerprint density at radius 2 is 2.06 bits per heavy atom. The summed E-state index contributed by atoms with van der Waals surface area (Å²) in [6.07, 6.45) is -0.231. The minimum Gasteiger partial charge on any atom is -0.494 e. The molecule has 0 heterocycles. The molecule has 2 N–H and O–H groups in total. The van der Waals surface area contributed by atoms with Crippen molar-refractivity contribution in [1.29, 1.82) is 0 Å². The van der Waals surface area contributed by atoms with Crippen LogP contribution >= 0.6 is 11.6 Å². The van der Waals surface area contributed by atoms with Crippen LogP contribution in [-0.2, 0) is 0 Å². The predicted octanol–water partition coefficient (Wildman–Crippen LogP) is 2.89. The predicted molar refractivity (Wildman–Crippen MR) is 73.5 cm³/mol. The van der Waals surface area contributed by atoms with Gasteiger partial charge in [0.2, 0.25) is 0 Å². The number of ether oxygens (including phenoxy) is 1. The lowest BCUT2D eigenvalue weighted by Crippen LogP contribution is -2.15. The molecule has 2 unspecified atom stereocenters. The van der Waals surface area contributed by atoms with Crippen molar-refractivity contribution in [3.05, 3.63) is 28.3 Å². The van der Waals surface area contributed by atoms with Crippen LogP contribution in [-0.4, -0.2) is 29.5 Å². The molecule has 3 nitrogen and oxygen atoms in total. The van der Waals surface area contributed by atoms with E-state index in [4.69, 9.17) is 21.4 Å². The minimum absolute atomic E-state index is 0.0757. The second kappa shape index (κ2) is 6.98. The lowest BCUT2D eigenvalue weighted by Gasteiger charge is -2.19. The van der Waals surface area contributed by atoms with Crippen LogP contribution < -0.4 is 4.74 Å². The first-order valence-electron chi connectivity index (χ1n) is 6.21. The Bertz CT molecular complexity index is 393. The monoisotopic (exact) mass is 272 g/mol. The van der Waals surface area contributed by atoms with Gasteiger partial charge in [0.15, 0.2) is 0 Å². The number of benzene rings is 1. The second-order valence-corrected chi connectivity index (χ2v) is 4.95. The summed E-state index contributed by atoms with van der Waals surface area (Å²) in [5, 5.41) is 19.1. The normalized spacial score (nSPS) is 14.3. The lowest BCUT2D eigenvalue weighted by molar-refractivity contribution is 0.0833. The molecule has 0 aliphatic heterocycles. The fourth-order valence-electron chi connectivity index (χ4n) is 1.95. The number of aryl methyl sites for hydroxylation is 1. The van der Waals surface area contributed by atoms with E-state index in [1.807, 2.05) is 32.9 Å². The molecule has 2 atom stereocenters. The molecule has 1 aromatic carbocycles. The van der Waals surface area contributed by atoms with Gasteiger partial charge in [0.05, 0.1) is 19.3 Å². The number of hydrogen-bond donors (Lipinski definition) is 2. The maximum absolute atomic E-state index is 9.51. The number of aliphatic hydroxyl groups excluding tert-OH is 2. The summed E-state index contributed by atoms with van der Waals surface area (Å²) < 4.78 is 5.61. The fourth-order valence-corrected chi connectivity index (χ4v) is 2.12. The second-order valence-electron chi connectivity index (χ2n) is 4.55.